The Labute approximate surface area is 117 Å². The zero-order chi connectivity index (χ0) is 14.8. The van der Waals surface area contributed by atoms with Crippen LogP contribution in [0.1, 0.15) is 32.0 Å². The van der Waals surface area contributed by atoms with E-state index in [1.54, 1.807) is 4.68 Å². The molecule has 0 aliphatic heterocycles. The third-order valence-electron chi connectivity index (χ3n) is 2.98. The maximum atomic E-state index is 8.37. The molecule has 1 aromatic heterocycles. The van der Waals surface area contributed by atoms with Crippen LogP contribution in [-0.4, -0.2) is 9.78 Å². The molecule has 2 N–H and O–H groups in total. The van der Waals surface area contributed by atoms with Gasteiger partial charge in [-0.05, 0) is 23.2 Å². The van der Waals surface area contributed by atoms with Crippen molar-refractivity contribution in [3.05, 3.63) is 52.0 Å². The smallest absolute Gasteiger partial charge is 0.127 e. The van der Waals surface area contributed by atoms with Crippen molar-refractivity contribution in [1.29, 1.82) is 0 Å². The van der Waals surface area contributed by atoms with E-state index in [1.807, 2.05) is 30.3 Å². The molecule has 0 saturated carbocycles. The molecule has 20 heavy (non-hydrogen) atoms. The third kappa shape index (κ3) is 2.92. The number of benzene rings is 1. The Hall–Kier alpha value is -2.46. The normalized spacial score (nSPS) is 11.2. The van der Waals surface area contributed by atoms with Gasteiger partial charge in [-0.3, -0.25) is 0 Å². The molecule has 6 heteroatoms. The highest BCUT2D eigenvalue weighted by molar-refractivity contribution is 5.45. The maximum absolute atomic E-state index is 8.37. The lowest BCUT2D eigenvalue weighted by Crippen LogP contribution is -2.12. The van der Waals surface area contributed by atoms with Crippen LogP contribution in [0.3, 0.4) is 0 Å². The monoisotopic (exact) mass is 270 g/mol. The molecule has 2 aromatic rings. The molecule has 0 radical (unpaired) electrons. The van der Waals surface area contributed by atoms with Gasteiger partial charge in [-0.25, -0.2) is 4.68 Å². The Bertz CT molecular complexity index is 659. The Morgan fingerprint density at radius 3 is 2.70 bits per heavy atom. The first-order valence-electron chi connectivity index (χ1n) is 6.38. The van der Waals surface area contributed by atoms with Crippen LogP contribution < -0.4 is 5.73 Å². The van der Waals surface area contributed by atoms with Crippen molar-refractivity contribution < 1.29 is 0 Å². The van der Waals surface area contributed by atoms with E-state index in [0.717, 1.165) is 16.9 Å². The molecule has 1 aromatic carbocycles. The van der Waals surface area contributed by atoms with Gasteiger partial charge in [0.05, 0.1) is 17.9 Å². The van der Waals surface area contributed by atoms with Gasteiger partial charge in [0, 0.05) is 16.4 Å². The first kappa shape index (κ1) is 14.0. The molecular formula is C14H18N6. The zero-order valence-electron chi connectivity index (χ0n) is 11.9. The fourth-order valence-corrected chi connectivity index (χ4v) is 1.87. The van der Waals surface area contributed by atoms with Gasteiger partial charge in [0.25, 0.3) is 0 Å². The number of azide groups is 1. The van der Waals surface area contributed by atoms with Crippen LogP contribution in [0.4, 0.5) is 5.82 Å². The molecule has 2 rings (SSSR count). The lowest BCUT2D eigenvalue weighted by molar-refractivity contribution is 0.560. The number of nitrogens with zero attached hydrogens (tertiary/aromatic N) is 5. The molecular weight excluding hydrogens is 252 g/mol. The fraction of sp³-hybridized carbons (Fsp3) is 0.357. The average molecular weight is 270 g/mol. The van der Waals surface area contributed by atoms with Gasteiger partial charge in [-0.1, -0.05) is 38.0 Å². The Morgan fingerprint density at radius 2 is 2.10 bits per heavy atom. The molecule has 0 amide bonds. The highest BCUT2D eigenvalue weighted by Gasteiger charge is 2.19. The van der Waals surface area contributed by atoms with E-state index in [1.165, 1.54) is 0 Å². The van der Waals surface area contributed by atoms with Crippen molar-refractivity contribution in [2.45, 2.75) is 32.7 Å². The first-order chi connectivity index (χ1) is 9.41. The largest absolute Gasteiger partial charge is 0.384 e. The van der Waals surface area contributed by atoms with Gasteiger partial charge in [0.2, 0.25) is 0 Å². The van der Waals surface area contributed by atoms with Gasteiger partial charge in [0.1, 0.15) is 5.82 Å². The lowest BCUT2D eigenvalue weighted by atomic mass is 9.92. The van der Waals surface area contributed by atoms with Crippen molar-refractivity contribution in [2.75, 3.05) is 5.73 Å². The summed E-state index contributed by atoms with van der Waals surface area (Å²) in [5, 5.41) is 8.12. The van der Waals surface area contributed by atoms with E-state index in [-0.39, 0.29) is 5.41 Å². The van der Waals surface area contributed by atoms with Crippen LogP contribution in [-0.2, 0) is 12.0 Å². The first-order valence-corrected chi connectivity index (χ1v) is 6.38. The number of anilines is 1. The van der Waals surface area contributed by atoms with Crippen molar-refractivity contribution in [3.63, 3.8) is 0 Å². The maximum Gasteiger partial charge on any atom is 0.127 e. The van der Waals surface area contributed by atoms with E-state index in [0.29, 0.717) is 12.4 Å². The van der Waals surface area contributed by atoms with Crippen molar-refractivity contribution >= 4 is 5.82 Å². The van der Waals surface area contributed by atoms with E-state index in [9.17, 15) is 0 Å². The lowest BCUT2D eigenvalue weighted by Gasteiger charge is -2.14. The van der Waals surface area contributed by atoms with Gasteiger partial charge in [-0.15, -0.1) is 0 Å². The number of aromatic nitrogens is 2. The summed E-state index contributed by atoms with van der Waals surface area (Å²) >= 11 is 0. The Morgan fingerprint density at radius 1 is 1.35 bits per heavy atom. The van der Waals surface area contributed by atoms with E-state index in [2.05, 4.69) is 35.9 Å². The summed E-state index contributed by atoms with van der Waals surface area (Å²) in [6.07, 6.45) is 0. The van der Waals surface area contributed by atoms with Crippen LogP contribution in [0.15, 0.2) is 35.4 Å². The van der Waals surface area contributed by atoms with Crippen LogP contribution in [0.2, 0.25) is 0 Å². The van der Waals surface area contributed by atoms with Crippen LogP contribution >= 0.6 is 0 Å². The molecule has 0 fully saturated rings. The predicted molar refractivity (Wildman–Crippen MR) is 79.5 cm³/mol. The topological polar surface area (TPSA) is 92.6 Å². The number of nitrogen functional groups attached to an aromatic ring is 1. The minimum absolute atomic E-state index is 0.0535. The SMILES string of the molecule is CC(C)(C)c1cc(N)n(-c2cccc(CN=[N+]=[N-])c2)n1. The highest BCUT2D eigenvalue weighted by Crippen LogP contribution is 2.25. The molecule has 104 valence electrons. The highest BCUT2D eigenvalue weighted by atomic mass is 15.3. The Kier molecular flexibility index (Phi) is 3.68. The van der Waals surface area contributed by atoms with Gasteiger partial charge < -0.3 is 5.73 Å². The third-order valence-corrected chi connectivity index (χ3v) is 2.98. The second-order valence-corrected chi connectivity index (χ2v) is 5.68. The van der Waals surface area contributed by atoms with Crippen molar-refractivity contribution in [2.24, 2.45) is 5.11 Å². The van der Waals surface area contributed by atoms with Crippen LogP contribution in [0, 0.1) is 0 Å². The number of hydrogen-bond acceptors (Lipinski definition) is 3. The summed E-state index contributed by atoms with van der Waals surface area (Å²) < 4.78 is 1.71. The van der Waals surface area contributed by atoms with Crippen molar-refractivity contribution in [3.8, 4) is 5.69 Å². The molecule has 0 unspecified atom stereocenters. The molecule has 0 saturated heterocycles. The minimum atomic E-state index is -0.0535. The van der Waals surface area contributed by atoms with E-state index in [4.69, 9.17) is 11.3 Å². The van der Waals surface area contributed by atoms with E-state index >= 15 is 0 Å². The minimum Gasteiger partial charge on any atom is -0.384 e. The molecule has 0 atom stereocenters. The molecule has 0 aliphatic carbocycles. The molecule has 0 bridgehead atoms. The zero-order valence-corrected chi connectivity index (χ0v) is 11.9. The fourth-order valence-electron chi connectivity index (χ4n) is 1.87. The predicted octanol–water partition coefficient (Wildman–Crippen LogP) is 3.56. The van der Waals surface area contributed by atoms with Crippen LogP contribution in [0.25, 0.3) is 16.1 Å². The van der Waals surface area contributed by atoms with Gasteiger partial charge >= 0.3 is 0 Å². The van der Waals surface area contributed by atoms with Gasteiger partial charge in [0.15, 0.2) is 0 Å². The number of hydrogen-bond donors (Lipinski definition) is 1. The number of nitrogens with two attached hydrogens (primary N) is 1. The second-order valence-electron chi connectivity index (χ2n) is 5.68. The summed E-state index contributed by atoms with van der Waals surface area (Å²) in [6.45, 7) is 6.60. The number of rotatable bonds is 3. The summed E-state index contributed by atoms with van der Waals surface area (Å²) in [4.78, 5) is 2.77. The summed E-state index contributed by atoms with van der Waals surface area (Å²) in [7, 11) is 0. The quantitative estimate of drug-likeness (QED) is 0.524. The molecule has 0 aliphatic rings. The molecule has 0 spiro atoms. The standard InChI is InChI=1S/C14H18N6/c1-14(2,3)12-8-13(15)20(18-12)11-6-4-5-10(7-11)9-17-19-16/h4-8H,9,15H2,1-3H3. The summed E-state index contributed by atoms with van der Waals surface area (Å²) in [5.74, 6) is 0.593. The van der Waals surface area contributed by atoms with Crippen molar-refractivity contribution in [1.82, 2.24) is 9.78 Å². The van der Waals surface area contributed by atoms with Gasteiger partial charge in [-0.2, -0.15) is 5.10 Å². The Balaban J connectivity index is 2.41. The molecule has 6 nitrogen and oxygen atoms in total. The summed E-state index contributed by atoms with van der Waals surface area (Å²) in [6, 6.07) is 9.54. The second kappa shape index (κ2) is 5.27. The average Bonchev–Trinajstić information content (AvgIpc) is 2.79. The van der Waals surface area contributed by atoms with E-state index < -0.39 is 0 Å². The van der Waals surface area contributed by atoms with Crippen LogP contribution in [0.5, 0.6) is 0 Å². The summed E-state index contributed by atoms with van der Waals surface area (Å²) in [5.41, 5.74) is 17.1. The molecule has 1 heterocycles.